The third-order valence-electron chi connectivity index (χ3n) is 8.71. The molecule has 2 aliphatic rings. The maximum absolute atomic E-state index is 15.0. The zero-order valence-electron chi connectivity index (χ0n) is 26.4. The molecule has 11 nitrogen and oxygen atoms in total. The molecule has 3 aromatic rings. The van der Waals surface area contributed by atoms with Crippen molar-refractivity contribution in [2.75, 3.05) is 26.4 Å². The van der Waals surface area contributed by atoms with Crippen LogP contribution in [0.5, 0.6) is 0 Å². The number of aryl methyl sites for hydroxylation is 2. The number of ether oxygens (including phenoxy) is 1. The fourth-order valence-corrected chi connectivity index (χ4v) is 5.71. The molecular weight excluding hydrogens is 589 g/mol. The number of nitrogens with zero attached hydrogens (tertiary/aromatic N) is 6. The Kier molecular flexibility index (Phi) is 12.3. The van der Waals surface area contributed by atoms with Crippen LogP contribution in [0.4, 0.5) is 13.2 Å². The van der Waals surface area contributed by atoms with Crippen molar-refractivity contribution in [2.24, 2.45) is 11.8 Å². The van der Waals surface area contributed by atoms with Crippen molar-refractivity contribution in [3.8, 4) is 0 Å². The summed E-state index contributed by atoms with van der Waals surface area (Å²) in [4.78, 5) is 32.8. The molecule has 45 heavy (non-hydrogen) atoms. The second-order valence-corrected chi connectivity index (χ2v) is 12.0. The van der Waals surface area contributed by atoms with Crippen LogP contribution in [0, 0.1) is 18.8 Å². The number of hydrogen-bond acceptors (Lipinski definition) is 7. The van der Waals surface area contributed by atoms with Crippen LogP contribution in [0.25, 0.3) is 5.78 Å². The minimum absolute atomic E-state index is 0.0112. The van der Waals surface area contributed by atoms with Crippen LogP contribution in [0.2, 0.25) is 0 Å². The molecule has 0 aromatic carbocycles. The van der Waals surface area contributed by atoms with E-state index in [-0.39, 0.29) is 55.6 Å². The van der Waals surface area contributed by atoms with E-state index in [1.807, 2.05) is 13.0 Å². The van der Waals surface area contributed by atoms with Crippen LogP contribution in [0.3, 0.4) is 0 Å². The lowest BCUT2D eigenvalue weighted by Gasteiger charge is -2.32. The number of carbonyl (C=O) groups is 2. The first-order chi connectivity index (χ1) is 21.7. The first kappa shape index (κ1) is 34.3. The summed E-state index contributed by atoms with van der Waals surface area (Å²) in [7, 11) is 0. The molecule has 248 valence electrons. The van der Waals surface area contributed by atoms with Gasteiger partial charge in [0.2, 0.25) is 12.3 Å². The van der Waals surface area contributed by atoms with Gasteiger partial charge in [0.1, 0.15) is 6.67 Å². The van der Waals surface area contributed by atoms with Crippen molar-refractivity contribution in [3.05, 3.63) is 41.2 Å². The van der Waals surface area contributed by atoms with Gasteiger partial charge in [0, 0.05) is 37.2 Å². The maximum Gasteiger partial charge on any atom is 0.260 e. The third kappa shape index (κ3) is 9.01. The Balaban J connectivity index is 0.000000440. The van der Waals surface area contributed by atoms with E-state index in [4.69, 9.17) is 4.74 Å². The zero-order valence-corrected chi connectivity index (χ0v) is 26.4. The van der Waals surface area contributed by atoms with E-state index in [1.54, 1.807) is 17.1 Å². The predicted octanol–water partition coefficient (Wildman–Crippen LogP) is 4.50. The van der Waals surface area contributed by atoms with Crippen LogP contribution >= 0.6 is 0 Å². The molecule has 0 spiro atoms. The van der Waals surface area contributed by atoms with E-state index < -0.39 is 18.3 Å². The lowest BCUT2D eigenvalue weighted by Crippen LogP contribution is -2.39. The number of hydrogen-bond donors (Lipinski definition) is 2. The lowest BCUT2D eigenvalue weighted by molar-refractivity contribution is -0.126. The van der Waals surface area contributed by atoms with Gasteiger partial charge in [0.05, 0.1) is 55.0 Å². The molecule has 2 saturated heterocycles. The highest BCUT2D eigenvalue weighted by Gasteiger charge is 2.46. The van der Waals surface area contributed by atoms with E-state index in [0.29, 0.717) is 49.6 Å². The van der Waals surface area contributed by atoms with E-state index >= 15 is 0 Å². The first-order valence-electron chi connectivity index (χ1n) is 15.9. The molecule has 4 atom stereocenters. The molecule has 2 fully saturated rings. The van der Waals surface area contributed by atoms with Gasteiger partial charge in [-0.15, -0.1) is 0 Å². The molecule has 0 bridgehead atoms. The molecule has 0 aliphatic carbocycles. The van der Waals surface area contributed by atoms with Gasteiger partial charge in [0.15, 0.2) is 0 Å². The van der Waals surface area contributed by atoms with Crippen molar-refractivity contribution in [1.82, 2.24) is 40.0 Å². The van der Waals surface area contributed by atoms with Crippen LogP contribution in [-0.2, 0) is 27.3 Å². The fraction of sp³-hybridized carbons (Fsp3) is 0.677. The molecule has 5 heterocycles. The number of aromatic nitrogens is 6. The molecule has 2 aliphatic heterocycles. The summed E-state index contributed by atoms with van der Waals surface area (Å²) in [5.41, 5.74) is 2.09. The SMILES string of the molecule is CCC(C)CCCC(NC=O)c1cn2nc(CC3CCCNC3=O)c(C3COCCC3(F)F)nc2n1.Cc1ccnn1CCF. The van der Waals surface area contributed by atoms with Crippen molar-refractivity contribution < 1.29 is 27.5 Å². The van der Waals surface area contributed by atoms with Gasteiger partial charge in [-0.1, -0.05) is 33.1 Å². The summed E-state index contributed by atoms with van der Waals surface area (Å²) in [6.45, 7) is 6.72. The van der Waals surface area contributed by atoms with Crippen LogP contribution < -0.4 is 10.6 Å². The Labute approximate surface area is 261 Å². The molecular formula is C31H45F3N8O3. The van der Waals surface area contributed by atoms with Gasteiger partial charge in [-0.05, 0) is 38.2 Å². The zero-order chi connectivity index (χ0) is 32.4. The molecule has 14 heteroatoms. The Morgan fingerprint density at radius 2 is 2.11 bits per heavy atom. The third-order valence-corrected chi connectivity index (χ3v) is 8.71. The van der Waals surface area contributed by atoms with Crippen molar-refractivity contribution in [1.29, 1.82) is 0 Å². The van der Waals surface area contributed by atoms with Crippen molar-refractivity contribution in [3.63, 3.8) is 0 Å². The summed E-state index contributed by atoms with van der Waals surface area (Å²) in [6, 6.07) is 1.53. The Hall–Kier alpha value is -3.55. The summed E-state index contributed by atoms with van der Waals surface area (Å²) in [5, 5.41) is 14.2. The summed E-state index contributed by atoms with van der Waals surface area (Å²) in [6.07, 6.45) is 9.06. The Bertz CT molecular complexity index is 1400. The minimum atomic E-state index is -3.00. The molecule has 4 unspecified atom stereocenters. The number of carbonyl (C=O) groups excluding carboxylic acids is 2. The van der Waals surface area contributed by atoms with Crippen LogP contribution in [-0.4, -0.2) is 74.0 Å². The fourth-order valence-electron chi connectivity index (χ4n) is 5.71. The standard InChI is InChI=1S/C25H36F2N6O3.C6H9FN2/c1-3-16(2)6-4-8-19(29-15-34)21-13-33-24(30-21)31-22(18-14-36-11-9-25(18,26)27)20(32-33)12-17-7-5-10-28-23(17)35;1-6-2-4-8-9(6)5-3-7/h13,15-19H,3-12,14H2,1-2H3,(H,28,35)(H,29,34);2,4H,3,5H2,1H3. The number of amides is 2. The van der Waals surface area contributed by atoms with Crippen LogP contribution in [0.1, 0.15) is 93.5 Å². The average Bonchev–Trinajstić information content (AvgIpc) is 3.63. The predicted molar refractivity (Wildman–Crippen MR) is 162 cm³/mol. The number of imidazole rings is 1. The molecule has 5 rings (SSSR count). The number of alkyl halides is 3. The monoisotopic (exact) mass is 634 g/mol. The normalized spacial score (nSPS) is 21.0. The van der Waals surface area contributed by atoms with Gasteiger partial charge in [0.25, 0.3) is 11.7 Å². The maximum atomic E-state index is 15.0. The van der Waals surface area contributed by atoms with E-state index in [2.05, 4.69) is 44.6 Å². The molecule has 2 amide bonds. The largest absolute Gasteiger partial charge is 0.380 e. The molecule has 0 radical (unpaired) electrons. The highest BCUT2D eigenvalue weighted by Crippen LogP contribution is 2.40. The number of rotatable bonds is 13. The molecule has 3 aromatic heterocycles. The number of nitrogens with one attached hydrogen (secondary N) is 2. The van der Waals surface area contributed by atoms with E-state index in [9.17, 15) is 22.8 Å². The van der Waals surface area contributed by atoms with Gasteiger partial charge < -0.3 is 15.4 Å². The minimum Gasteiger partial charge on any atom is -0.380 e. The molecule has 0 saturated carbocycles. The summed E-state index contributed by atoms with van der Waals surface area (Å²) in [5.74, 6) is -3.92. The summed E-state index contributed by atoms with van der Waals surface area (Å²) < 4.78 is 50.1. The van der Waals surface area contributed by atoms with Gasteiger partial charge in [-0.25, -0.2) is 27.7 Å². The topological polar surface area (TPSA) is 128 Å². The number of halogens is 3. The second-order valence-electron chi connectivity index (χ2n) is 12.0. The van der Waals surface area contributed by atoms with Gasteiger partial charge in [-0.3, -0.25) is 14.3 Å². The molecule has 2 N–H and O–H groups in total. The number of fused-ring (bicyclic) bond motifs is 1. The quantitative estimate of drug-likeness (QED) is 0.265. The van der Waals surface area contributed by atoms with Crippen molar-refractivity contribution in [2.45, 2.75) is 96.6 Å². The summed E-state index contributed by atoms with van der Waals surface area (Å²) >= 11 is 0. The second kappa shape index (κ2) is 16.1. The van der Waals surface area contributed by atoms with E-state index in [0.717, 1.165) is 31.4 Å². The smallest absolute Gasteiger partial charge is 0.260 e. The number of piperidine rings is 1. The van der Waals surface area contributed by atoms with Gasteiger partial charge in [-0.2, -0.15) is 10.2 Å². The Morgan fingerprint density at radius 3 is 2.78 bits per heavy atom. The average molecular weight is 635 g/mol. The highest BCUT2D eigenvalue weighted by atomic mass is 19.3. The first-order valence-corrected chi connectivity index (χ1v) is 15.9. The van der Waals surface area contributed by atoms with E-state index in [1.165, 1.54) is 4.52 Å². The Morgan fingerprint density at radius 1 is 1.29 bits per heavy atom. The lowest BCUT2D eigenvalue weighted by atomic mass is 9.88. The highest BCUT2D eigenvalue weighted by molar-refractivity contribution is 5.79. The van der Waals surface area contributed by atoms with Crippen LogP contribution in [0.15, 0.2) is 18.5 Å². The van der Waals surface area contributed by atoms with Gasteiger partial charge >= 0.3 is 0 Å². The van der Waals surface area contributed by atoms with Crippen molar-refractivity contribution >= 4 is 18.1 Å².